The van der Waals surface area contributed by atoms with Crippen molar-refractivity contribution >= 4 is 23.2 Å². The summed E-state index contributed by atoms with van der Waals surface area (Å²) in [5.74, 6) is 0.326. The van der Waals surface area contributed by atoms with Crippen molar-refractivity contribution in [2.24, 2.45) is 0 Å². The second-order valence-electron chi connectivity index (χ2n) is 3.03. The molecule has 0 aliphatic rings. The molecule has 0 N–H and O–H groups in total. The number of nitrogens with zero attached hydrogens (tertiary/aromatic N) is 2. The summed E-state index contributed by atoms with van der Waals surface area (Å²) in [6, 6.07) is 5.68. The van der Waals surface area contributed by atoms with E-state index in [4.69, 9.17) is 23.2 Å². The molecule has 2 aromatic rings. The van der Waals surface area contributed by atoms with Crippen molar-refractivity contribution in [2.45, 2.75) is 5.88 Å². The van der Waals surface area contributed by atoms with E-state index in [0.29, 0.717) is 16.6 Å². The molecule has 76 valence electrons. The van der Waals surface area contributed by atoms with Crippen LogP contribution in [0.2, 0.25) is 5.02 Å². The molecule has 0 amide bonds. The molecular formula is C11H8Cl2N2. The van der Waals surface area contributed by atoms with E-state index >= 15 is 0 Å². The highest BCUT2D eigenvalue weighted by atomic mass is 35.5. The zero-order chi connectivity index (χ0) is 10.7. The van der Waals surface area contributed by atoms with Crippen LogP contribution >= 0.6 is 23.2 Å². The Hall–Kier alpha value is -1.12. The van der Waals surface area contributed by atoms with Crippen molar-refractivity contribution in [3.63, 3.8) is 0 Å². The molecule has 2 aromatic heterocycles. The average Bonchev–Trinajstić information content (AvgIpc) is 2.30. The minimum absolute atomic E-state index is 0.326. The van der Waals surface area contributed by atoms with Crippen molar-refractivity contribution in [2.75, 3.05) is 0 Å². The number of aromatic nitrogens is 2. The Bertz CT molecular complexity index is 457. The molecule has 2 rings (SSSR count). The van der Waals surface area contributed by atoms with Crippen LogP contribution in [0.3, 0.4) is 0 Å². The Morgan fingerprint density at radius 2 is 2.07 bits per heavy atom. The summed E-state index contributed by atoms with van der Waals surface area (Å²) in [4.78, 5) is 8.22. The molecule has 0 aliphatic carbocycles. The molecular weight excluding hydrogens is 231 g/mol. The fourth-order valence-corrected chi connectivity index (χ4v) is 1.77. The first kappa shape index (κ1) is 10.4. The van der Waals surface area contributed by atoms with Crippen LogP contribution in [0, 0.1) is 0 Å². The van der Waals surface area contributed by atoms with Crippen LogP contribution in [-0.2, 0) is 5.88 Å². The lowest BCUT2D eigenvalue weighted by Gasteiger charge is -2.03. The maximum atomic E-state index is 6.01. The second kappa shape index (κ2) is 4.60. The predicted molar refractivity (Wildman–Crippen MR) is 62.0 cm³/mol. The highest BCUT2D eigenvalue weighted by Crippen LogP contribution is 2.23. The number of hydrogen-bond acceptors (Lipinski definition) is 2. The Balaban J connectivity index is 2.43. The average molecular weight is 239 g/mol. The standard InChI is InChI=1S/C11H8Cl2N2/c12-5-11-10(13)4-9(7-15-11)8-2-1-3-14-6-8/h1-4,6-7H,5H2. The molecule has 0 unspecified atom stereocenters. The highest BCUT2D eigenvalue weighted by Gasteiger charge is 2.03. The summed E-state index contributed by atoms with van der Waals surface area (Å²) in [5.41, 5.74) is 2.64. The molecule has 0 spiro atoms. The van der Waals surface area contributed by atoms with E-state index in [0.717, 1.165) is 11.1 Å². The quantitative estimate of drug-likeness (QED) is 0.749. The number of pyridine rings is 2. The largest absolute Gasteiger partial charge is 0.264 e. The maximum Gasteiger partial charge on any atom is 0.0737 e. The Morgan fingerprint density at radius 3 is 2.67 bits per heavy atom. The zero-order valence-electron chi connectivity index (χ0n) is 7.82. The molecule has 0 fully saturated rings. The molecule has 0 atom stereocenters. The minimum atomic E-state index is 0.326. The van der Waals surface area contributed by atoms with Gasteiger partial charge in [0.25, 0.3) is 0 Å². The molecule has 0 bridgehead atoms. The van der Waals surface area contributed by atoms with Gasteiger partial charge in [0.2, 0.25) is 0 Å². The summed E-state index contributed by atoms with van der Waals surface area (Å²) < 4.78 is 0. The van der Waals surface area contributed by atoms with Crippen molar-refractivity contribution in [3.8, 4) is 11.1 Å². The minimum Gasteiger partial charge on any atom is -0.264 e. The zero-order valence-corrected chi connectivity index (χ0v) is 9.33. The van der Waals surface area contributed by atoms with Crippen molar-refractivity contribution in [1.82, 2.24) is 9.97 Å². The summed E-state index contributed by atoms with van der Waals surface area (Å²) in [7, 11) is 0. The van der Waals surface area contributed by atoms with Gasteiger partial charge in [-0.2, -0.15) is 0 Å². The Labute approximate surface area is 97.9 Å². The van der Waals surface area contributed by atoms with Gasteiger partial charge in [0.1, 0.15) is 0 Å². The van der Waals surface area contributed by atoms with Gasteiger partial charge in [-0.15, -0.1) is 11.6 Å². The summed E-state index contributed by atoms with van der Waals surface area (Å²) in [5, 5.41) is 0.589. The van der Waals surface area contributed by atoms with E-state index in [1.807, 2.05) is 18.2 Å². The van der Waals surface area contributed by atoms with Gasteiger partial charge in [-0.1, -0.05) is 17.7 Å². The lowest BCUT2D eigenvalue weighted by molar-refractivity contribution is 1.17. The summed E-state index contributed by atoms with van der Waals surface area (Å²) in [6.07, 6.45) is 5.25. The van der Waals surface area contributed by atoms with Crippen LogP contribution in [0.25, 0.3) is 11.1 Å². The van der Waals surface area contributed by atoms with Gasteiger partial charge >= 0.3 is 0 Å². The normalized spacial score (nSPS) is 10.3. The van der Waals surface area contributed by atoms with Gasteiger partial charge in [0.05, 0.1) is 16.6 Å². The highest BCUT2D eigenvalue weighted by molar-refractivity contribution is 6.32. The van der Waals surface area contributed by atoms with Crippen LogP contribution in [-0.4, -0.2) is 9.97 Å². The van der Waals surface area contributed by atoms with Crippen LogP contribution < -0.4 is 0 Å². The molecule has 15 heavy (non-hydrogen) atoms. The molecule has 0 saturated heterocycles. The first-order chi connectivity index (χ1) is 7.31. The number of alkyl halides is 1. The van der Waals surface area contributed by atoms with Gasteiger partial charge in [0, 0.05) is 29.7 Å². The van der Waals surface area contributed by atoms with Gasteiger partial charge in [-0.3, -0.25) is 9.97 Å². The van der Waals surface area contributed by atoms with Crippen LogP contribution in [0.15, 0.2) is 36.8 Å². The van der Waals surface area contributed by atoms with Crippen molar-refractivity contribution in [3.05, 3.63) is 47.5 Å². The summed E-state index contributed by atoms with van der Waals surface area (Å²) in [6.45, 7) is 0. The molecule has 2 nitrogen and oxygen atoms in total. The van der Waals surface area contributed by atoms with Crippen LogP contribution in [0.5, 0.6) is 0 Å². The van der Waals surface area contributed by atoms with E-state index in [1.165, 1.54) is 0 Å². The molecule has 2 heterocycles. The SMILES string of the molecule is ClCc1ncc(-c2cccnc2)cc1Cl. The number of hydrogen-bond donors (Lipinski definition) is 0. The third-order valence-corrected chi connectivity index (χ3v) is 2.62. The molecule has 0 radical (unpaired) electrons. The summed E-state index contributed by atoms with van der Waals surface area (Å²) >= 11 is 11.7. The molecule has 4 heteroatoms. The van der Waals surface area contributed by atoms with E-state index < -0.39 is 0 Å². The maximum absolute atomic E-state index is 6.01. The number of rotatable bonds is 2. The lowest BCUT2D eigenvalue weighted by Crippen LogP contribution is -1.88. The van der Waals surface area contributed by atoms with Crippen molar-refractivity contribution in [1.29, 1.82) is 0 Å². The van der Waals surface area contributed by atoms with Crippen molar-refractivity contribution < 1.29 is 0 Å². The van der Waals surface area contributed by atoms with Gasteiger partial charge in [0.15, 0.2) is 0 Å². The lowest BCUT2D eigenvalue weighted by atomic mass is 10.1. The third kappa shape index (κ3) is 2.28. The predicted octanol–water partition coefficient (Wildman–Crippen LogP) is 3.54. The smallest absolute Gasteiger partial charge is 0.0737 e. The van der Waals surface area contributed by atoms with E-state index in [2.05, 4.69) is 9.97 Å². The molecule has 0 aliphatic heterocycles. The fraction of sp³-hybridized carbons (Fsp3) is 0.0909. The molecule has 0 aromatic carbocycles. The van der Waals surface area contributed by atoms with E-state index in [-0.39, 0.29) is 0 Å². The van der Waals surface area contributed by atoms with E-state index in [9.17, 15) is 0 Å². The first-order valence-electron chi connectivity index (χ1n) is 4.42. The fourth-order valence-electron chi connectivity index (χ4n) is 1.26. The monoisotopic (exact) mass is 238 g/mol. The van der Waals surface area contributed by atoms with E-state index in [1.54, 1.807) is 18.6 Å². The Kier molecular flexibility index (Phi) is 3.19. The number of halogens is 2. The van der Waals surface area contributed by atoms with Gasteiger partial charge in [-0.05, 0) is 12.1 Å². The Morgan fingerprint density at radius 1 is 1.20 bits per heavy atom. The topological polar surface area (TPSA) is 25.8 Å². The molecule has 0 saturated carbocycles. The van der Waals surface area contributed by atoms with Crippen LogP contribution in [0.1, 0.15) is 5.69 Å². The first-order valence-corrected chi connectivity index (χ1v) is 5.33. The van der Waals surface area contributed by atoms with Crippen LogP contribution in [0.4, 0.5) is 0 Å². The second-order valence-corrected chi connectivity index (χ2v) is 3.70. The van der Waals surface area contributed by atoms with Gasteiger partial charge < -0.3 is 0 Å². The third-order valence-electron chi connectivity index (χ3n) is 2.04. The van der Waals surface area contributed by atoms with Gasteiger partial charge in [-0.25, -0.2) is 0 Å².